The highest BCUT2D eigenvalue weighted by Gasteiger charge is 2.18. The van der Waals surface area contributed by atoms with Crippen molar-refractivity contribution < 1.29 is 22.9 Å². The summed E-state index contributed by atoms with van der Waals surface area (Å²) in [6, 6.07) is 6.02. The molecule has 7 heteroatoms. The standard InChI is InChI=1S/C7H8O3S.C5H9NO2/c1-6-2-4-7(5-3-6)11(8,9)10;7-3-4-1-2-5(8)6-4/h2-5H,1H3,(H,8,9,10);4,7H,1-3H2,(H,6,8). The van der Waals surface area contributed by atoms with Crippen LogP contribution in [0, 0.1) is 6.92 Å². The van der Waals surface area contributed by atoms with Crippen LogP contribution in [0.4, 0.5) is 0 Å². The zero-order valence-corrected chi connectivity index (χ0v) is 11.4. The number of benzene rings is 1. The number of aliphatic hydroxyl groups excluding tert-OH is 1. The summed E-state index contributed by atoms with van der Waals surface area (Å²) >= 11 is 0. The van der Waals surface area contributed by atoms with Gasteiger partial charge >= 0.3 is 0 Å². The first-order chi connectivity index (χ1) is 8.82. The van der Waals surface area contributed by atoms with Crippen LogP contribution in [0.1, 0.15) is 18.4 Å². The van der Waals surface area contributed by atoms with Gasteiger partial charge < -0.3 is 10.4 Å². The molecule has 1 aliphatic heterocycles. The van der Waals surface area contributed by atoms with Gasteiger partial charge in [0.2, 0.25) is 5.91 Å². The second kappa shape index (κ2) is 6.65. The molecule has 1 aliphatic rings. The molecule has 3 N–H and O–H groups in total. The number of hydrogen-bond donors (Lipinski definition) is 3. The van der Waals surface area contributed by atoms with Gasteiger partial charge in [-0.3, -0.25) is 9.35 Å². The lowest BCUT2D eigenvalue weighted by atomic mass is 10.2. The van der Waals surface area contributed by atoms with Crippen molar-refractivity contribution in [2.45, 2.75) is 30.7 Å². The SMILES string of the molecule is Cc1ccc(S(=O)(=O)O)cc1.O=C1CCC(CO)N1. The minimum Gasteiger partial charge on any atom is -0.394 e. The van der Waals surface area contributed by atoms with E-state index >= 15 is 0 Å². The third-order valence-corrected chi connectivity index (χ3v) is 3.49. The summed E-state index contributed by atoms with van der Waals surface area (Å²) in [5, 5.41) is 11.1. The Labute approximate surface area is 112 Å². The largest absolute Gasteiger partial charge is 0.394 e. The van der Waals surface area contributed by atoms with E-state index in [1.807, 2.05) is 6.92 Å². The molecule has 1 aromatic rings. The topological polar surface area (TPSA) is 104 Å². The van der Waals surface area contributed by atoms with E-state index in [9.17, 15) is 13.2 Å². The number of aliphatic hydroxyl groups is 1. The van der Waals surface area contributed by atoms with Crippen LogP contribution >= 0.6 is 0 Å². The highest BCUT2D eigenvalue weighted by molar-refractivity contribution is 7.85. The molecule has 1 fully saturated rings. The average molecular weight is 287 g/mol. The summed E-state index contributed by atoms with van der Waals surface area (Å²) in [5.41, 5.74) is 0.956. The molecule has 1 atom stereocenters. The van der Waals surface area contributed by atoms with E-state index in [4.69, 9.17) is 9.66 Å². The van der Waals surface area contributed by atoms with Gasteiger partial charge in [-0.1, -0.05) is 17.7 Å². The second-order valence-corrected chi connectivity index (χ2v) is 5.70. The molecular weight excluding hydrogens is 270 g/mol. The van der Waals surface area contributed by atoms with Crippen molar-refractivity contribution in [2.24, 2.45) is 0 Å². The number of carbonyl (C=O) groups is 1. The summed E-state index contributed by atoms with van der Waals surface area (Å²) in [6.07, 6.45) is 1.36. The van der Waals surface area contributed by atoms with Crippen molar-refractivity contribution in [1.82, 2.24) is 5.32 Å². The molecule has 1 unspecified atom stereocenters. The first-order valence-corrected chi connectivity index (χ1v) is 7.21. The number of carbonyl (C=O) groups excluding carboxylic acids is 1. The fourth-order valence-electron chi connectivity index (χ4n) is 1.52. The van der Waals surface area contributed by atoms with Crippen LogP contribution in [0.15, 0.2) is 29.2 Å². The highest BCUT2D eigenvalue weighted by Crippen LogP contribution is 2.08. The maximum Gasteiger partial charge on any atom is 0.294 e. The molecule has 1 amide bonds. The van der Waals surface area contributed by atoms with E-state index in [0.29, 0.717) is 6.42 Å². The van der Waals surface area contributed by atoms with Crippen LogP contribution in [0.3, 0.4) is 0 Å². The fourth-order valence-corrected chi connectivity index (χ4v) is 2.00. The molecule has 6 nitrogen and oxygen atoms in total. The predicted molar refractivity (Wildman–Crippen MR) is 69.2 cm³/mol. The van der Waals surface area contributed by atoms with Crippen LogP contribution in [0.25, 0.3) is 0 Å². The van der Waals surface area contributed by atoms with Gasteiger partial charge in [-0.15, -0.1) is 0 Å². The Kier molecular flexibility index (Phi) is 5.46. The van der Waals surface area contributed by atoms with Crippen molar-refractivity contribution in [3.8, 4) is 0 Å². The summed E-state index contributed by atoms with van der Waals surface area (Å²) in [7, 11) is -4.02. The van der Waals surface area contributed by atoms with Gasteiger partial charge in [0.15, 0.2) is 0 Å². The Hall–Kier alpha value is -1.44. The Morgan fingerprint density at radius 3 is 2.21 bits per heavy atom. The maximum absolute atomic E-state index is 10.5. The molecule has 1 saturated heterocycles. The minimum atomic E-state index is -4.02. The van der Waals surface area contributed by atoms with Gasteiger partial charge in [0.05, 0.1) is 17.5 Å². The van der Waals surface area contributed by atoms with Crippen LogP contribution in [0.2, 0.25) is 0 Å². The van der Waals surface area contributed by atoms with E-state index < -0.39 is 10.1 Å². The molecule has 1 aromatic carbocycles. The Morgan fingerprint density at radius 1 is 1.32 bits per heavy atom. The lowest BCUT2D eigenvalue weighted by molar-refractivity contribution is -0.119. The van der Waals surface area contributed by atoms with E-state index in [0.717, 1.165) is 12.0 Å². The molecule has 2 rings (SSSR count). The second-order valence-electron chi connectivity index (χ2n) is 4.27. The molecule has 19 heavy (non-hydrogen) atoms. The predicted octanol–water partition coefficient (Wildman–Crippen LogP) is 0.499. The maximum atomic E-state index is 10.5. The number of aryl methyl sites for hydroxylation is 1. The lowest BCUT2D eigenvalue weighted by Gasteiger charge is -2.01. The molecular formula is C12H17NO5S. The minimum absolute atomic E-state index is 0.0301. The van der Waals surface area contributed by atoms with Crippen molar-refractivity contribution in [2.75, 3.05) is 6.61 Å². The van der Waals surface area contributed by atoms with Gasteiger partial charge in [-0.25, -0.2) is 0 Å². The summed E-state index contributed by atoms with van der Waals surface area (Å²) in [5.74, 6) is 0.0593. The third-order valence-electron chi connectivity index (χ3n) is 2.62. The number of amides is 1. The van der Waals surface area contributed by atoms with E-state index in [1.165, 1.54) is 12.1 Å². The molecule has 0 spiro atoms. The van der Waals surface area contributed by atoms with Gasteiger partial charge in [-0.2, -0.15) is 8.42 Å². The summed E-state index contributed by atoms with van der Waals surface area (Å²) in [4.78, 5) is 10.3. The van der Waals surface area contributed by atoms with Gasteiger partial charge in [0.25, 0.3) is 10.1 Å². The number of rotatable bonds is 2. The molecule has 0 radical (unpaired) electrons. The zero-order chi connectivity index (χ0) is 14.5. The zero-order valence-electron chi connectivity index (χ0n) is 10.5. The van der Waals surface area contributed by atoms with Gasteiger partial charge in [0.1, 0.15) is 0 Å². The monoisotopic (exact) mass is 287 g/mol. The first-order valence-electron chi connectivity index (χ1n) is 5.77. The fraction of sp³-hybridized carbons (Fsp3) is 0.417. The lowest BCUT2D eigenvalue weighted by Crippen LogP contribution is -2.28. The Bertz CT molecular complexity index is 524. The van der Waals surface area contributed by atoms with Crippen molar-refractivity contribution in [1.29, 1.82) is 0 Å². The molecule has 0 aromatic heterocycles. The van der Waals surface area contributed by atoms with Crippen LogP contribution in [-0.2, 0) is 14.9 Å². The highest BCUT2D eigenvalue weighted by atomic mass is 32.2. The third kappa shape index (κ3) is 5.37. The quantitative estimate of drug-likeness (QED) is 0.687. The smallest absolute Gasteiger partial charge is 0.294 e. The van der Waals surface area contributed by atoms with Gasteiger partial charge in [0, 0.05) is 6.42 Å². The van der Waals surface area contributed by atoms with Crippen molar-refractivity contribution >= 4 is 16.0 Å². The van der Waals surface area contributed by atoms with E-state index in [-0.39, 0.29) is 23.5 Å². The van der Waals surface area contributed by atoms with Crippen LogP contribution in [-0.4, -0.2) is 36.6 Å². The number of hydrogen-bond acceptors (Lipinski definition) is 4. The molecule has 1 heterocycles. The van der Waals surface area contributed by atoms with Crippen molar-refractivity contribution in [3.05, 3.63) is 29.8 Å². The summed E-state index contributed by atoms with van der Waals surface area (Å²) < 4.78 is 29.6. The molecule has 0 aliphatic carbocycles. The van der Waals surface area contributed by atoms with Gasteiger partial charge in [-0.05, 0) is 25.5 Å². The van der Waals surface area contributed by atoms with Crippen LogP contribution < -0.4 is 5.32 Å². The van der Waals surface area contributed by atoms with E-state index in [1.54, 1.807) is 12.1 Å². The first kappa shape index (κ1) is 15.6. The summed E-state index contributed by atoms with van der Waals surface area (Å²) in [6.45, 7) is 1.92. The Morgan fingerprint density at radius 2 is 1.89 bits per heavy atom. The molecule has 106 valence electrons. The normalized spacial score (nSPS) is 18.5. The van der Waals surface area contributed by atoms with E-state index in [2.05, 4.69) is 5.32 Å². The number of nitrogens with one attached hydrogen (secondary N) is 1. The Balaban J connectivity index is 0.000000200. The van der Waals surface area contributed by atoms with Crippen LogP contribution in [0.5, 0.6) is 0 Å². The molecule has 0 bridgehead atoms. The van der Waals surface area contributed by atoms with Crippen molar-refractivity contribution in [3.63, 3.8) is 0 Å². The molecule has 0 saturated carbocycles. The average Bonchev–Trinajstić information content (AvgIpc) is 2.75.